The van der Waals surface area contributed by atoms with Crippen molar-refractivity contribution in [3.8, 4) is 0 Å². The van der Waals surface area contributed by atoms with Crippen LogP contribution in [-0.2, 0) is 6.18 Å². The molecule has 0 fully saturated rings. The minimum atomic E-state index is -4.26. The molecule has 0 amide bonds. The van der Waals surface area contributed by atoms with Gasteiger partial charge in [0.15, 0.2) is 0 Å². The molecule has 0 saturated heterocycles. The topological polar surface area (TPSA) is 12.0 Å². The van der Waals surface area contributed by atoms with E-state index in [1.54, 1.807) is 13.0 Å². The molecule has 1 aromatic carbocycles. The predicted molar refractivity (Wildman–Crippen MR) is 58.3 cm³/mol. The average molecular weight is 231 g/mol. The van der Waals surface area contributed by atoms with Gasteiger partial charge in [-0.05, 0) is 43.7 Å². The van der Waals surface area contributed by atoms with Crippen molar-refractivity contribution in [2.45, 2.75) is 32.5 Å². The Morgan fingerprint density at radius 1 is 1.31 bits per heavy atom. The maximum atomic E-state index is 12.4. The van der Waals surface area contributed by atoms with E-state index in [0.29, 0.717) is 5.56 Å². The Morgan fingerprint density at radius 3 is 2.31 bits per heavy atom. The molecule has 0 saturated carbocycles. The summed E-state index contributed by atoms with van der Waals surface area (Å²) in [7, 11) is 1.81. The molecule has 1 aromatic rings. The van der Waals surface area contributed by atoms with Gasteiger partial charge in [-0.15, -0.1) is 0 Å². The van der Waals surface area contributed by atoms with Gasteiger partial charge in [-0.2, -0.15) is 13.2 Å². The van der Waals surface area contributed by atoms with Gasteiger partial charge in [-0.1, -0.05) is 13.0 Å². The van der Waals surface area contributed by atoms with E-state index < -0.39 is 11.7 Å². The van der Waals surface area contributed by atoms with E-state index in [0.717, 1.165) is 18.1 Å². The normalized spacial score (nSPS) is 13.9. The van der Waals surface area contributed by atoms with Crippen molar-refractivity contribution < 1.29 is 13.2 Å². The fourth-order valence-corrected chi connectivity index (χ4v) is 1.82. The zero-order chi connectivity index (χ0) is 12.3. The van der Waals surface area contributed by atoms with Crippen LogP contribution >= 0.6 is 0 Å². The van der Waals surface area contributed by atoms with E-state index in [1.165, 1.54) is 6.07 Å². The van der Waals surface area contributed by atoms with E-state index in [-0.39, 0.29) is 6.04 Å². The lowest BCUT2D eigenvalue weighted by Gasteiger charge is -2.18. The van der Waals surface area contributed by atoms with Crippen molar-refractivity contribution in [3.05, 3.63) is 34.9 Å². The second-order valence-electron chi connectivity index (χ2n) is 3.82. The molecule has 0 aliphatic heterocycles. The average Bonchev–Trinajstić information content (AvgIpc) is 2.20. The highest BCUT2D eigenvalue weighted by Crippen LogP contribution is 2.32. The van der Waals surface area contributed by atoms with Crippen LogP contribution in [0.15, 0.2) is 18.2 Å². The van der Waals surface area contributed by atoms with Crippen molar-refractivity contribution in [1.82, 2.24) is 5.32 Å². The van der Waals surface area contributed by atoms with Crippen LogP contribution in [0.3, 0.4) is 0 Å². The molecular formula is C12H16F3N. The predicted octanol–water partition coefficient (Wildman–Crippen LogP) is 3.68. The Labute approximate surface area is 93.7 Å². The minimum absolute atomic E-state index is 0.113. The Bertz CT molecular complexity index is 354. The van der Waals surface area contributed by atoms with Crippen LogP contribution in [-0.4, -0.2) is 7.05 Å². The molecule has 4 heteroatoms. The number of hydrogen-bond acceptors (Lipinski definition) is 1. The fraction of sp³-hybridized carbons (Fsp3) is 0.500. The highest BCUT2D eigenvalue weighted by Gasteiger charge is 2.30. The summed E-state index contributed by atoms with van der Waals surface area (Å²) in [4.78, 5) is 0. The minimum Gasteiger partial charge on any atom is -0.313 e. The van der Waals surface area contributed by atoms with E-state index >= 15 is 0 Å². The van der Waals surface area contributed by atoms with E-state index in [2.05, 4.69) is 5.32 Å². The number of halogens is 3. The van der Waals surface area contributed by atoms with Crippen molar-refractivity contribution in [3.63, 3.8) is 0 Å². The summed E-state index contributed by atoms with van der Waals surface area (Å²) in [6, 6.07) is 4.02. The molecular weight excluding hydrogens is 215 g/mol. The molecule has 0 aromatic heterocycles. The van der Waals surface area contributed by atoms with Crippen LogP contribution in [0.5, 0.6) is 0 Å². The summed E-state index contributed by atoms with van der Waals surface area (Å²) >= 11 is 0. The van der Waals surface area contributed by atoms with Crippen LogP contribution in [0.25, 0.3) is 0 Å². The lowest BCUT2D eigenvalue weighted by molar-refractivity contribution is -0.137. The van der Waals surface area contributed by atoms with Gasteiger partial charge in [0.05, 0.1) is 5.56 Å². The van der Waals surface area contributed by atoms with Gasteiger partial charge >= 0.3 is 6.18 Å². The molecule has 0 aliphatic rings. The number of hydrogen-bond donors (Lipinski definition) is 1. The third kappa shape index (κ3) is 2.76. The van der Waals surface area contributed by atoms with Gasteiger partial charge in [-0.3, -0.25) is 0 Å². The van der Waals surface area contributed by atoms with Gasteiger partial charge in [0, 0.05) is 6.04 Å². The zero-order valence-electron chi connectivity index (χ0n) is 9.65. The number of aryl methyl sites for hydroxylation is 1. The highest BCUT2D eigenvalue weighted by atomic mass is 19.4. The fourth-order valence-electron chi connectivity index (χ4n) is 1.82. The van der Waals surface area contributed by atoms with Crippen LogP contribution < -0.4 is 5.32 Å². The van der Waals surface area contributed by atoms with Crippen LogP contribution in [0.2, 0.25) is 0 Å². The van der Waals surface area contributed by atoms with Gasteiger partial charge < -0.3 is 5.32 Å². The summed E-state index contributed by atoms with van der Waals surface area (Å²) in [6.07, 6.45) is -3.41. The third-order valence-electron chi connectivity index (χ3n) is 2.73. The van der Waals surface area contributed by atoms with Crippen molar-refractivity contribution in [2.75, 3.05) is 7.05 Å². The Kier molecular flexibility index (Phi) is 3.97. The summed E-state index contributed by atoms with van der Waals surface area (Å²) in [5.41, 5.74) is 1.02. The maximum Gasteiger partial charge on any atom is 0.416 e. The van der Waals surface area contributed by atoms with Gasteiger partial charge in [-0.25, -0.2) is 0 Å². The molecule has 1 nitrogen and oxygen atoms in total. The molecule has 0 spiro atoms. The van der Waals surface area contributed by atoms with Gasteiger partial charge in [0.25, 0.3) is 0 Å². The quantitative estimate of drug-likeness (QED) is 0.836. The lowest BCUT2D eigenvalue weighted by Crippen LogP contribution is -2.17. The first-order valence-electron chi connectivity index (χ1n) is 5.25. The van der Waals surface area contributed by atoms with Crippen molar-refractivity contribution in [2.24, 2.45) is 0 Å². The Balaban J connectivity index is 3.09. The Hall–Kier alpha value is -1.03. The van der Waals surface area contributed by atoms with Crippen LogP contribution in [0.1, 0.15) is 36.1 Å². The second kappa shape index (κ2) is 4.87. The summed E-state index contributed by atoms with van der Waals surface area (Å²) in [6.45, 7) is 3.71. The smallest absolute Gasteiger partial charge is 0.313 e. The molecule has 0 radical (unpaired) electrons. The summed E-state index contributed by atoms with van der Waals surface area (Å²) < 4.78 is 37.3. The monoisotopic (exact) mass is 231 g/mol. The number of alkyl halides is 3. The standard InChI is InChI=1S/C12H16F3N/c1-4-11(16-3)10-6-5-9(7-8(10)2)12(13,14)15/h5-7,11,16H,4H2,1-3H3. The van der Waals surface area contributed by atoms with E-state index in [1.807, 2.05) is 14.0 Å². The molecule has 0 heterocycles. The molecule has 1 rings (SSSR count). The molecule has 1 atom stereocenters. The van der Waals surface area contributed by atoms with Crippen molar-refractivity contribution >= 4 is 0 Å². The molecule has 1 unspecified atom stereocenters. The first-order chi connectivity index (χ1) is 7.40. The molecule has 16 heavy (non-hydrogen) atoms. The Morgan fingerprint density at radius 2 is 1.94 bits per heavy atom. The molecule has 1 N–H and O–H groups in total. The molecule has 0 aliphatic carbocycles. The zero-order valence-corrected chi connectivity index (χ0v) is 9.65. The van der Waals surface area contributed by atoms with Crippen LogP contribution in [0.4, 0.5) is 13.2 Å². The van der Waals surface area contributed by atoms with E-state index in [4.69, 9.17) is 0 Å². The third-order valence-corrected chi connectivity index (χ3v) is 2.73. The summed E-state index contributed by atoms with van der Waals surface area (Å²) in [5.74, 6) is 0. The largest absolute Gasteiger partial charge is 0.416 e. The lowest BCUT2D eigenvalue weighted by atomic mass is 9.97. The summed E-state index contributed by atoms with van der Waals surface area (Å²) in [5, 5.41) is 3.09. The van der Waals surface area contributed by atoms with Gasteiger partial charge in [0.1, 0.15) is 0 Å². The number of benzene rings is 1. The first kappa shape index (κ1) is 13.0. The molecule has 90 valence electrons. The van der Waals surface area contributed by atoms with Crippen molar-refractivity contribution in [1.29, 1.82) is 0 Å². The van der Waals surface area contributed by atoms with E-state index in [9.17, 15) is 13.2 Å². The molecule has 0 bridgehead atoms. The number of rotatable bonds is 3. The number of nitrogens with one attached hydrogen (secondary N) is 1. The van der Waals surface area contributed by atoms with Gasteiger partial charge in [0.2, 0.25) is 0 Å². The second-order valence-corrected chi connectivity index (χ2v) is 3.82. The SMILES string of the molecule is CCC(NC)c1ccc(C(F)(F)F)cc1C. The maximum absolute atomic E-state index is 12.4. The first-order valence-corrected chi connectivity index (χ1v) is 5.25. The van der Waals surface area contributed by atoms with Crippen LogP contribution in [0, 0.1) is 6.92 Å². The highest BCUT2D eigenvalue weighted by molar-refractivity contribution is 5.34.